The number of benzene rings is 1. The molecule has 0 amide bonds. The maximum atomic E-state index is 9.75. The molecule has 0 saturated carbocycles. The highest BCUT2D eigenvalue weighted by Gasteiger charge is 2.31. The van der Waals surface area contributed by atoms with Crippen LogP contribution in [0.2, 0.25) is 0 Å². The van der Waals surface area contributed by atoms with Crippen molar-refractivity contribution in [3.05, 3.63) is 63.3 Å². The van der Waals surface area contributed by atoms with E-state index in [-0.39, 0.29) is 10.8 Å². The molecule has 1 heterocycles. The molecule has 0 spiro atoms. The van der Waals surface area contributed by atoms with E-state index in [0.717, 1.165) is 6.54 Å². The fraction of sp³-hybridized carbons (Fsp3) is 0.440. The van der Waals surface area contributed by atoms with Crippen molar-refractivity contribution in [3.8, 4) is 6.07 Å². The van der Waals surface area contributed by atoms with Crippen LogP contribution < -0.4 is 5.32 Å². The van der Waals surface area contributed by atoms with E-state index in [1.807, 2.05) is 24.5 Å². The molecule has 0 saturated heterocycles. The first kappa shape index (κ1) is 30.8. The monoisotopic (exact) mass is 482 g/mol. The van der Waals surface area contributed by atoms with Gasteiger partial charge in [-0.1, -0.05) is 84.0 Å². The summed E-state index contributed by atoms with van der Waals surface area (Å²) in [5.41, 5.74) is 2.89. The smallest absolute Gasteiger partial charge is 0.418 e. The molecule has 0 radical (unpaired) electrons. The second-order valence-corrected chi connectivity index (χ2v) is 10.5. The van der Waals surface area contributed by atoms with Gasteiger partial charge in [-0.3, -0.25) is 0 Å². The van der Waals surface area contributed by atoms with E-state index in [0.29, 0.717) is 6.42 Å². The minimum atomic E-state index is -6.00. The van der Waals surface area contributed by atoms with Crippen LogP contribution in [0.5, 0.6) is 0 Å². The van der Waals surface area contributed by atoms with Crippen molar-refractivity contribution in [2.24, 2.45) is 0 Å². The van der Waals surface area contributed by atoms with Crippen LogP contribution in [-0.4, -0.2) is 20.8 Å². The Morgan fingerprint density at radius 2 is 1.30 bits per heavy atom. The molecule has 0 atom stereocenters. The Morgan fingerprint density at radius 3 is 1.64 bits per heavy atom. The number of halogens is 4. The zero-order chi connectivity index (χ0) is 25.7. The highest BCUT2D eigenvalue weighted by Crippen LogP contribution is 2.35. The SMILES string of the molecule is CC(C)(C)c1cc(C=Cc2ccccc2)cc(C(C)(C)C)[s+]1.CNCCC#N.F[B-](F)(F)F. The summed E-state index contributed by atoms with van der Waals surface area (Å²) < 4.78 is 39.0. The largest absolute Gasteiger partial charge is 0.673 e. The minimum Gasteiger partial charge on any atom is -0.418 e. The molecule has 182 valence electrons. The van der Waals surface area contributed by atoms with Gasteiger partial charge in [-0.05, 0) is 18.2 Å². The molecule has 0 bridgehead atoms. The Kier molecular flexibility index (Phi) is 13.2. The van der Waals surface area contributed by atoms with Gasteiger partial charge in [0.15, 0.2) is 0 Å². The molecule has 0 aliphatic carbocycles. The van der Waals surface area contributed by atoms with Crippen LogP contribution in [0.15, 0.2) is 42.5 Å². The van der Waals surface area contributed by atoms with Crippen LogP contribution >= 0.6 is 11.3 Å². The molecule has 1 aromatic heterocycles. The quantitative estimate of drug-likeness (QED) is 0.206. The second-order valence-electron chi connectivity index (χ2n) is 9.37. The lowest BCUT2D eigenvalue weighted by Crippen LogP contribution is -2.14. The number of nitrogens with one attached hydrogen (secondary N) is 1. The maximum Gasteiger partial charge on any atom is 0.673 e. The van der Waals surface area contributed by atoms with Crippen LogP contribution in [-0.2, 0) is 10.8 Å². The lowest BCUT2D eigenvalue weighted by molar-refractivity contribution is 0.368. The summed E-state index contributed by atoms with van der Waals surface area (Å²) in [6.45, 7) is 14.5. The Bertz CT molecular complexity index is 856. The van der Waals surface area contributed by atoms with E-state index in [1.54, 1.807) is 0 Å². The standard InChI is InChI=1S/C21H27S.C4H8N2.BF4/c1-20(2,3)18-14-17(15-19(22-18)21(4,5)6)13-12-16-10-8-7-9-11-16;1-6-4-2-3-5;2-1(3,4)5/h7-15H,1-6H3;6H,2,4H2,1H3;/q+1;;-1. The topological polar surface area (TPSA) is 35.8 Å². The van der Waals surface area contributed by atoms with Gasteiger partial charge in [0, 0.05) is 35.9 Å². The third-order valence-corrected chi connectivity index (χ3v) is 5.95. The summed E-state index contributed by atoms with van der Waals surface area (Å²) in [6, 6.07) is 17.2. The first-order valence-electron chi connectivity index (χ1n) is 10.7. The van der Waals surface area contributed by atoms with Gasteiger partial charge >= 0.3 is 7.25 Å². The van der Waals surface area contributed by atoms with Crippen LogP contribution in [0, 0.1) is 11.3 Å². The van der Waals surface area contributed by atoms with Crippen LogP contribution in [0.1, 0.15) is 68.8 Å². The molecular formula is C25H35BF4N2S. The molecule has 2 aromatic rings. The zero-order valence-electron chi connectivity index (χ0n) is 20.6. The lowest BCUT2D eigenvalue weighted by atomic mass is 9.91. The van der Waals surface area contributed by atoms with Gasteiger partial charge in [-0.25, -0.2) is 0 Å². The van der Waals surface area contributed by atoms with E-state index in [9.17, 15) is 17.3 Å². The third kappa shape index (κ3) is 16.1. The van der Waals surface area contributed by atoms with Crippen molar-refractivity contribution in [3.63, 3.8) is 0 Å². The van der Waals surface area contributed by atoms with E-state index < -0.39 is 7.25 Å². The highest BCUT2D eigenvalue weighted by molar-refractivity contribution is 7.12. The van der Waals surface area contributed by atoms with Crippen molar-refractivity contribution in [2.75, 3.05) is 13.6 Å². The Balaban J connectivity index is 0.000000774. The molecule has 1 N–H and O–H groups in total. The predicted octanol–water partition coefficient (Wildman–Crippen LogP) is 8.21. The van der Waals surface area contributed by atoms with Gasteiger partial charge in [0.2, 0.25) is 21.1 Å². The number of nitrogens with zero attached hydrogens (tertiary/aromatic N) is 1. The van der Waals surface area contributed by atoms with Crippen molar-refractivity contribution in [1.29, 1.82) is 5.26 Å². The van der Waals surface area contributed by atoms with Crippen molar-refractivity contribution < 1.29 is 17.3 Å². The first-order chi connectivity index (χ1) is 15.1. The maximum absolute atomic E-state index is 9.75. The number of hydrogen-bond donors (Lipinski definition) is 1. The van der Waals surface area contributed by atoms with Crippen molar-refractivity contribution in [1.82, 2.24) is 5.32 Å². The van der Waals surface area contributed by atoms with Gasteiger partial charge in [0.05, 0.1) is 6.07 Å². The summed E-state index contributed by atoms with van der Waals surface area (Å²) in [5.74, 6) is 0. The fourth-order valence-electron chi connectivity index (χ4n) is 2.29. The molecule has 0 aliphatic heterocycles. The average molecular weight is 482 g/mol. The summed E-state index contributed by atoms with van der Waals surface area (Å²) in [6.07, 6.45) is 5.03. The summed E-state index contributed by atoms with van der Waals surface area (Å²) in [5, 5.41) is 10.8. The van der Waals surface area contributed by atoms with E-state index in [1.165, 1.54) is 20.9 Å². The zero-order valence-corrected chi connectivity index (χ0v) is 21.4. The van der Waals surface area contributed by atoms with E-state index in [2.05, 4.69) is 101 Å². The van der Waals surface area contributed by atoms with Crippen LogP contribution in [0.25, 0.3) is 12.2 Å². The molecule has 2 nitrogen and oxygen atoms in total. The Morgan fingerprint density at radius 1 is 0.879 bits per heavy atom. The normalized spacial score (nSPS) is 11.7. The molecule has 0 aliphatic rings. The molecule has 0 fully saturated rings. The second kappa shape index (κ2) is 14.1. The first-order valence-corrected chi connectivity index (χ1v) is 11.5. The van der Waals surface area contributed by atoms with Crippen LogP contribution in [0.4, 0.5) is 17.3 Å². The van der Waals surface area contributed by atoms with E-state index in [4.69, 9.17) is 5.26 Å². The summed E-state index contributed by atoms with van der Waals surface area (Å²) in [7, 11) is -4.17. The predicted molar refractivity (Wildman–Crippen MR) is 136 cm³/mol. The summed E-state index contributed by atoms with van der Waals surface area (Å²) in [4.78, 5) is 2.88. The summed E-state index contributed by atoms with van der Waals surface area (Å²) >= 11 is 1.94. The molecule has 8 heteroatoms. The minimum absolute atomic E-state index is 0.182. The van der Waals surface area contributed by atoms with Crippen molar-refractivity contribution in [2.45, 2.75) is 58.8 Å². The van der Waals surface area contributed by atoms with Gasteiger partial charge in [0.25, 0.3) is 0 Å². The third-order valence-electron chi connectivity index (χ3n) is 4.05. The Hall–Kier alpha value is -2.24. The van der Waals surface area contributed by atoms with Gasteiger partial charge in [-0.15, -0.1) is 0 Å². The Labute approximate surface area is 200 Å². The molecule has 0 unspecified atom stereocenters. The molecule has 1 aromatic carbocycles. The molecular weight excluding hydrogens is 447 g/mol. The number of nitriles is 1. The van der Waals surface area contributed by atoms with E-state index >= 15 is 0 Å². The molecule has 33 heavy (non-hydrogen) atoms. The van der Waals surface area contributed by atoms with Gasteiger partial charge in [-0.2, -0.15) is 5.26 Å². The lowest BCUT2D eigenvalue weighted by Gasteiger charge is -2.15. The van der Waals surface area contributed by atoms with Crippen molar-refractivity contribution >= 4 is 30.7 Å². The number of hydrogen-bond acceptors (Lipinski definition) is 2. The van der Waals surface area contributed by atoms with Gasteiger partial charge < -0.3 is 22.6 Å². The molecule has 2 rings (SSSR count). The van der Waals surface area contributed by atoms with Gasteiger partial charge in [0.1, 0.15) is 0 Å². The van der Waals surface area contributed by atoms with Crippen LogP contribution in [0.3, 0.4) is 0 Å². The fourth-order valence-corrected chi connectivity index (χ4v) is 3.53. The highest BCUT2D eigenvalue weighted by atomic mass is 32.1. The number of rotatable bonds is 4. The average Bonchev–Trinajstić information content (AvgIpc) is 2.69.